The van der Waals surface area contributed by atoms with Gasteiger partial charge in [-0.25, -0.2) is 0 Å². The van der Waals surface area contributed by atoms with Crippen LogP contribution >= 0.6 is 0 Å². The lowest BCUT2D eigenvalue weighted by Crippen LogP contribution is -2.54. The van der Waals surface area contributed by atoms with Crippen LogP contribution in [-0.4, -0.2) is 103 Å². The van der Waals surface area contributed by atoms with Gasteiger partial charge in [0.2, 0.25) is 23.5 Å². The summed E-state index contributed by atoms with van der Waals surface area (Å²) in [6, 6.07) is 21.1. The highest BCUT2D eigenvalue weighted by Crippen LogP contribution is 2.38. The number of carbonyl (C=O) groups excluding carboxylic acids is 5. The Morgan fingerprint density at radius 2 is 1.52 bits per heavy atom. The predicted molar refractivity (Wildman–Crippen MR) is 199 cm³/mol. The Kier molecular flexibility index (Phi) is 13.2. The third kappa shape index (κ3) is 9.93. The van der Waals surface area contributed by atoms with Crippen LogP contribution in [0.1, 0.15) is 39.8 Å². The van der Waals surface area contributed by atoms with Gasteiger partial charge in [0.15, 0.2) is 11.5 Å². The first-order valence-electron chi connectivity index (χ1n) is 17.5. The zero-order valence-corrected chi connectivity index (χ0v) is 30.7. The summed E-state index contributed by atoms with van der Waals surface area (Å²) in [5.41, 5.74) is 2.61. The van der Waals surface area contributed by atoms with E-state index in [4.69, 9.17) is 14.2 Å². The fourth-order valence-electron chi connectivity index (χ4n) is 5.83. The van der Waals surface area contributed by atoms with E-state index in [1.165, 1.54) is 42.9 Å². The molecule has 0 aliphatic carbocycles. The zero-order chi connectivity index (χ0) is 38.6. The molecule has 0 saturated heterocycles. The van der Waals surface area contributed by atoms with E-state index in [1.807, 2.05) is 60.7 Å². The predicted octanol–water partition coefficient (Wildman–Crippen LogP) is 2.11. The second-order valence-corrected chi connectivity index (χ2v) is 12.6. The number of nitrogens with zero attached hydrogens (tertiary/aromatic N) is 3. The van der Waals surface area contributed by atoms with Gasteiger partial charge in [0.1, 0.15) is 17.8 Å². The molecule has 3 heterocycles. The van der Waals surface area contributed by atoms with Crippen molar-refractivity contribution in [3.63, 3.8) is 0 Å². The molecule has 0 radical (unpaired) electrons. The number of carbonyl (C=O) groups is 5. The molecule has 6 rings (SSSR count). The Bertz CT molecular complexity index is 1930. The van der Waals surface area contributed by atoms with Crippen molar-refractivity contribution in [3.8, 4) is 28.5 Å². The number of amides is 5. The van der Waals surface area contributed by atoms with Crippen LogP contribution in [0.3, 0.4) is 0 Å². The van der Waals surface area contributed by atoms with E-state index in [2.05, 4.69) is 26.4 Å². The highest BCUT2D eigenvalue weighted by Gasteiger charge is 2.28. The maximum atomic E-state index is 14.0. The van der Waals surface area contributed by atoms with Crippen LogP contribution in [0.15, 0.2) is 78.9 Å². The molecule has 2 atom stereocenters. The summed E-state index contributed by atoms with van der Waals surface area (Å²) in [5.74, 6) is -1.87. The fourth-order valence-corrected chi connectivity index (χ4v) is 5.83. The largest absolute Gasteiger partial charge is 0.493 e. The summed E-state index contributed by atoms with van der Waals surface area (Å²) < 4.78 is 18.4. The van der Waals surface area contributed by atoms with E-state index >= 15 is 0 Å². The number of methoxy groups -OCH3 is 2. The minimum atomic E-state index is -1.04. The first kappa shape index (κ1) is 38.8. The summed E-state index contributed by atoms with van der Waals surface area (Å²) in [7, 11) is 4.49. The third-order valence-corrected chi connectivity index (χ3v) is 8.74. The Hall–Kier alpha value is -6.38. The summed E-state index contributed by atoms with van der Waals surface area (Å²) in [5, 5.41) is 15.6. The molecule has 5 amide bonds. The van der Waals surface area contributed by atoms with Gasteiger partial charge in [0.25, 0.3) is 11.8 Å². The van der Waals surface area contributed by atoms with Gasteiger partial charge in [-0.2, -0.15) is 5.10 Å². The molecule has 2 aliphatic heterocycles. The van der Waals surface area contributed by atoms with Crippen LogP contribution in [0.5, 0.6) is 17.2 Å². The smallest absolute Gasteiger partial charge is 0.272 e. The first-order chi connectivity index (χ1) is 26.1. The molecule has 2 aliphatic rings. The molecule has 0 fully saturated rings. The quantitative estimate of drug-likeness (QED) is 0.215. The zero-order valence-electron chi connectivity index (χ0n) is 30.7. The molecule has 2 bridgehead atoms. The van der Waals surface area contributed by atoms with Gasteiger partial charge in [-0.3, -0.25) is 28.7 Å². The number of benzene rings is 3. The highest BCUT2D eigenvalue weighted by molar-refractivity contribution is 5.99. The number of aromatic nitrogens is 2. The highest BCUT2D eigenvalue weighted by atomic mass is 16.5. The summed E-state index contributed by atoms with van der Waals surface area (Å²) in [6.45, 7) is 1.54. The van der Waals surface area contributed by atoms with Crippen molar-refractivity contribution in [1.82, 2.24) is 35.9 Å². The standard InChI is InChI=1S/C39H45N7O8/c1-25-36(48)43-30(20-26-12-7-5-8-13-26)38(50)41-17-18-46(39(51)31-23-29(44-45(31)2)27-14-9-6-10-15-27)24-34(47)40-16-11-19-54-35-32(52-3)21-28(37(49)42-25)22-33(35)53-4/h5-10,12-15,21-23,25,30H,11,16-20,24H2,1-4H3,(H,40,47)(H,41,50)(H,42,49)(H,43,48)/t25-,30+/m0/s1. The van der Waals surface area contributed by atoms with Crippen molar-refractivity contribution < 1.29 is 38.2 Å². The van der Waals surface area contributed by atoms with E-state index in [9.17, 15) is 24.0 Å². The minimum Gasteiger partial charge on any atom is -0.493 e. The van der Waals surface area contributed by atoms with Crippen molar-refractivity contribution in [3.05, 3.63) is 95.7 Å². The number of ether oxygens (including phenoxy) is 3. The number of fused-ring (bicyclic) bond motifs is 19. The van der Waals surface area contributed by atoms with Gasteiger partial charge >= 0.3 is 0 Å². The maximum absolute atomic E-state index is 14.0. The monoisotopic (exact) mass is 739 g/mol. The second-order valence-electron chi connectivity index (χ2n) is 12.6. The molecule has 0 unspecified atom stereocenters. The van der Waals surface area contributed by atoms with Crippen LogP contribution < -0.4 is 35.5 Å². The van der Waals surface area contributed by atoms with Crippen LogP contribution in [0.2, 0.25) is 0 Å². The average molecular weight is 740 g/mol. The molecule has 4 aromatic rings. The summed E-state index contributed by atoms with van der Waals surface area (Å²) in [4.78, 5) is 69.0. The van der Waals surface area contributed by atoms with Crippen molar-refractivity contribution in [2.24, 2.45) is 7.05 Å². The maximum Gasteiger partial charge on any atom is 0.272 e. The number of hydrogen-bond donors (Lipinski definition) is 4. The molecule has 0 spiro atoms. The molecule has 4 N–H and O–H groups in total. The summed E-state index contributed by atoms with van der Waals surface area (Å²) in [6.07, 6.45) is 0.541. The topological polar surface area (TPSA) is 182 Å². The Labute approximate surface area is 313 Å². The number of hydrogen-bond acceptors (Lipinski definition) is 9. The number of nitrogens with one attached hydrogen (secondary N) is 4. The Balaban J connectivity index is 1.42. The summed E-state index contributed by atoms with van der Waals surface area (Å²) >= 11 is 0. The van der Waals surface area contributed by atoms with E-state index in [1.54, 1.807) is 13.1 Å². The lowest BCUT2D eigenvalue weighted by molar-refractivity contribution is -0.129. The molecule has 0 saturated carbocycles. The number of aryl methyl sites for hydroxylation is 1. The van der Waals surface area contributed by atoms with Crippen molar-refractivity contribution in [1.29, 1.82) is 0 Å². The fraction of sp³-hybridized carbons (Fsp3) is 0.333. The van der Waals surface area contributed by atoms with E-state index < -0.39 is 41.6 Å². The molecule has 54 heavy (non-hydrogen) atoms. The van der Waals surface area contributed by atoms with Crippen molar-refractivity contribution in [2.45, 2.75) is 31.8 Å². The molecule has 15 nitrogen and oxygen atoms in total. The van der Waals surface area contributed by atoms with E-state index in [0.29, 0.717) is 12.1 Å². The Morgan fingerprint density at radius 1 is 0.852 bits per heavy atom. The lowest BCUT2D eigenvalue weighted by Gasteiger charge is -2.24. The first-order valence-corrected chi connectivity index (χ1v) is 17.5. The Morgan fingerprint density at radius 3 is 2.19 bits per heavy atom. The molecule has 3 aromatic carbocycles. The second kappa shape index (κ2) is 18.4. The van der Waals surface area contributed by atoms with Crippen molar-refractivity contribution in [2.75, 3.05) is 47.0 Å². The SMILES string of the molecule is COc1cc2cc(OC)c1OCCCNC(=O)CN(C(=O)c1cc(-c3ccccc3)nn1C)CCNC(=O)[C@@H](Cc1ccccc1)NC(=O)[C@H](C)NC2=O. The van der Waals surface area contributed by atoms with Gasteiger partial charge < -0.3 is 40.4 Å². The van der Waals surface area contributed by atoms with Gasteiger partial charge in [0.05, 0.1) is 33.1 Å². The van der Waals surface area contributed by atoms with Crippen molar-refractivity contribution >= 4 is 29.5 Å². The molecule has 284 valence electrons. The van der Waals surface area contributed by atoms with Crippen LogP contribution in [0, 0.1) is 0 Å². The normalized spacial score (nSPS) is 17.8. The van der Waals surface area contributed by atoms with Crippen LogP contribution in [-0.2, 0) is 27.9 Å². The van der Waals surface area contributed by atoms with Crippen LogP contribution in [0.4, 0.5) is 0 Å². The molecule has 1 aromatic heterocycles. The molecule has 15 heteroatoms. The van der Waals surface area contributed by atoms with Gasteiger partial charge in [0, 0.05) is 44.2 Å². The molecular weight excluding hydrogens is 694 g/mol. The van der Waals surface area contributed by atoms with Gasteiger partial charge in [-0.15, -0.1) is 0 Å². The van der Waals surface area contributed by atoms with E-state index in [0.717, 1.165) is 11.1 Å². The lowest BCUT2D eigenvalue weighted by atomic mass is 10.0. The van der Waals surface area contributed by atoms with E-state index in [-0.39, 0.29) is 67.7 Å². The average Bonchev–Trinajstić information content (AvgIpc) is 3.58. The van der Waals surface area contributed by atoms with Crippen LogP contribution in [0.25, 0.3) is 11.3 Å². The number of rotatable bonds is 6. The van der Waals surface area contributed by atoms with Gasteiger partial charge in [-0.1, -0.05) is 60.7 Å². The minimum absolute atomic E-state index is 0.0260. The van der Waals surface area contributed by atoms with Gasteiger partial charge in [-0.05, 0) is 37.1 Å². The molecular formula is C39H45N7O8. The third-order valence-electron chi connectivity index (χ3n) is 8.74.